The number of hydrogen-bond donors (Lipinski definition) is 0. The van der Waals surface area contributed by atoms with Gasteiger partial charge < -0.3 is 29.3 Å². The van der Waals surface area contributed by atoms with Crippen LogP contribution in [0, 0.1) is 5.41 Å². The van der Waals surface area contributed by atoms with Gasteiger partial charge >= 0.3 is 5.97 Å². The summed E-state index contributed by atoms with van der Waals surface area (Å²) in [6, 6.07) is 0. The molecule has 0 N–H and O–H groups in total. The van der Waals surface area contributed by atoms with E-state index < -0.39 is 35.3 Å². The van der Waals surface area contributed by atoms with Gasteiger partial charge in [-0.05, 0) is 18.9 Å². The topological polar surface area (TPSA) is 116 Å². The van der Waals surface area contributed by atoms with E-state index in [0.717, 1.165) is 32.6 Å². The second kappa shape index (κ2) is 10.8. The Morgan fingerprint density at radius 2 is 1.70 bits per heavy atom. The maximum Gasteiger partial charge on any atom is 0.307 e. The maximum absolute atomic E-state index is 11.6. The molecule has 0 aromatic heterocycles. The minimum absolute atomic E-state index is 0.0342. The van der Waals surface area contributed by atoms with Gasteiger partial charge in [0, 0.05) is 12.0 Å². The Kier molecular flexibility index (Phi) is 9.89. The molecule has 0 aromatic rings. The van der Waals surface area contributed by atoms with Gasteiger partial charge in [-0.2, -0.15) is 0 Å². The van der Waals surface area contributed by atoms with Gasteiger partial charge in [0.15, 0.2) is 0 Å². The summed E-state index contributed by atoms with van der Waals surface area (Å²) < 4.78 is 10.1. The van der Waals surface area contributed by atoms with Crippen LogP contribution in [0.3, 0.4) is 0 Å². The van der Waals surface area contributed by atoms with E-state index in [1.54, 1.807) is 0 Å². The molecule has 0 fully saturated rings. The summed E-state index contributed by atoms with van der Waals surface area (Å²) in [5.74, 6) is -4.34. The average Bonchev–Trinajstić information content (AvgIpc) is 2.48. The van der Waals surface area contributed by atoms with E-state index in [1.807, 2.05) is 0 Å². The maximum atomic E-state index is 11.6. The number of carbonyl (C=O) groups is 3. The van der Waals surface area contributed by atoms with Gasteiger partial charge in [-0.1, -0.05) is 32.8 Å². The first kappa shape index (κ1) is 21.1. The van der Waals surface area contributed by atoms with Crippen LogP contribution in [0.1, 0.15) is 46.0 Å². The highest BCUT2D eigenvalue weighted by molar-refractivity contribution is 5.96. The summed E-state index contributed by atoms with van der Waals surface area (Å²) in [4.78, 5) is 33.5. The number of ether oxygens (including phenoxy) is 2. The summed E-state index contributed by atoms with van der Waals surface area (Å²) in [5, 5.41) is 21.9. The van der Waals surface area contributed by atoms with Gasteiger partial charge in [0.25, 0.3) is 0 Å². The Morgan fingerprint density at radius 3 is 2.22 bits per heavy atom. The number of carbonyl (C=O) groups excluding carboxylic acids is 3. The van der Waals surface area contributed by atoms with E-state index in [9.17, 15) is 24.6 Å². The zero-order valence-electron chi connectivity index (χ0n) is 13.7. The lowest BCUT2D eigenvalue weighted by Crippen LogP contribution is -2.47. The Morgan fingerprint density at radius 1 is 1.04 bits per heavy atom. The Bertz CT molecular complexity index is 430. The molecule has 132 valence electrons. The highest BCUT2D eigenvalue weighted by Crippen LogP contribution is 2.29. The van der Waals surface area contributed by atoms with Crippen molar-refractivity contribution in [2.45, 2.75) is 46.0 Å². The van der Waals surface area contributed by atoms with Crippen molar-refractivity contribution >= 4 is 17.9 Å². The monoisotopic (exact) mass is 328 g/mol. The minimum Gasteiger partial charge on any atom is -0.549 e. The van der Waals surface area contributed by atoms with Crippen LogP contribution in [0.2, 0.25) is 0 Å². The molecule has 7 nitrogen and oxygen atoms in total. The van der Waals surface area contributed by atoms with Crippen LogP contribution in [0.15, 0.2) is 12.2 Å². The highest BCUT2D eigenvalue weighted by atomic mass is 16.6. The fraction of sp³-hybridized carbons (Fsp3) is 0.688. The third-order valence-electron chi connectivity index (χ3n) is 3.49. The number of esters is 1. The molecule has 1 atom stereocenters. The van der Waals surface area contributed by atoms with Gasteiger partial charge in [0.05, 0.1) is 25.0 Å². The molecular weight excluding hydrogens is 304 g/mol. The zero-order valence-corrected chi connectivity index (χ0v) is 13.7. The molecule has 0 bridgehead atoms. The van der Waals surface area contributed by atoms with Crippen LogP contribution < -0.4 is 10.2 Å². The molecule has 0 rings (SSSR count). The molecular formula is C16H24O7-2. The van der Waals surface area contributed by atoms with Gasteiger partial charge in [-0.15, -0.1) is 0 Å². The number of carboxylic acids is 2. The van der Waals surface area contributed by atoms with Crippen molar-refractivity contribution in [2.24, 2.45) is 5.41 Å². The van der Waals surface area contributed by atoms with Gasteiger partial charge in [-0.25, -0.2) is 0 Å². The summed E-state index contributed by atoms with van der Waals surface area (Å²) in [6.07, 6.45) is 3.58. The second-order valence-electron chi connectivity index (χ2n) is 5.46. The summed E-state index contributed by atoms with van der Waals surface area (Å²) >= 11 is 0. The quantitative estimate of drug-likeness (QED) is 0.256. The van der Waals surface area contributed by atoms with E-state index in [4.69, 9.17) is 9.47 Å². The fourth-order valence-corrected chi connectivity index (χ4v) is 1.81. The van der Waals surface area contributed by atoms with E-state index in [1.165, 1.54) is 0 Å². The molecule has 0 radical (unpaired) electrons. The number of carboxylic acid groups (broad SMARTS) is 2. The van der Waals surface area contributed by atoms with Crippen LogP contribution in [-0.4, -0.2) is 37.7 Å². The predicted octanol–water partition coefficient (Wildman–Crippen LogP) is -0.421. The lowest BCUT2D eigenvalue weighted by molar-refractivity contribution is -0.321. The Balaban J connectivity index is 4.14. The number of hydrogen-bond acceptors (Lipinski definition) is 7. The van der Waals surface area contributed by atoms with Crippen molar-refractivity contribution in [1.82, 2.24) is 0 Å². The summed E-state index contributed by atoms with van der Waals surface area (Å²) in [7, 11) is 0. The lowest BCUT2D eigenvalue weighted by Gasteiger charge is -2.32. The van der Waals surface area contributed by atoms with Crippen molar-refractivity contribution in [1.29, 1.82) is 0 Å². The third kappa shape index (κ3) is 7.78. The number of rotatable bonds is 13. The van der Waals surface area contributed by atoms with Crippen LogP contribution in [0.25, 0.3) is 0 Å². The van der Waals surface area contributed by atoms with Gasteiger partial charge in [0.2, 0.25) is 0 Å². The first-order valence-corrected chi connectivity index (χ1v) is 7.61. The van der Waals surface area contributed by atoms with E-state index in [-0.39, 0.29) is 13.2 Å². The first-order valence-electron chi connectivity index (χ1n) is 7.61. The Hall–Kier alpha value is -1.89. The number of unbranched alkanes of at least 4 members (excludes halogenated alkanes) is 3. The third-order valence-corrected chi connectivity index (χ3v) is 3.49. The Labute approximate surface area is 136 Å². The second-order valence-corrected chi connectivity index (χ2v) is 5.46. The molecule has 0 saturated carbocycles. The van der Waals surface area contributed by atoms with Crippen LogP contribution in [0.4, 0.5) is 0 Å². The van der Waals surface area contributed by atoms with Crippen molar-refractivity contribution in [3.05, 3.63) is 12.2 Å². The molecule has 0 aliphatic carbocycles. The largest absolute Gasteiger partial charge is 0.549 e. The van der Waals surface area contributed by atoms with Gasteiger partial charge in [0.1, 0.15) is 6.61 Å². The van der Waals surface area contributed by atoms with Crippen LogP contribution >= 0.6 is 0 Å². The van der Waals surface area contributed by atoms with Crippen molar-refractivity contribution in [2.75, 3.05) is 19.8 Å². The summed E-state index contributed by atoms with van der Waals surface area (Å²) in [6.45, 7) is 7.00. The molecule has 0 aliphatic rings. The summed E-state index contributed by atoms with van der Waals surface area (Å²) in [5.41, 5.74) is -2.81. The van der Waals surface area contributed by atoms with Crippen molar-refractivity contribution in [3.8, 4) is 0 Å². The van der Waals surface area contributed by atoms with E-state index in [2.05, 4.69) is 13.5 Å². The van der Waals surface area contributed by atoms with Crippen LogP contribution in [-0.2, 0) is 23.9 Å². The van der Waals surface area contributed by atoms with E-state index in [0.29, 0.717) is 6.61 Å². The molecule has 1 unspecified atom stereocenters. The molecule has 7 heteroatoms. The SMILES string of the molecule is C=C(C(=O)[O-])C(C)(CC(=O)OCCOCCCCCC)C(=O)[O-]. The normalized spacial score (nSPS) is 13.1. The van der Waals surface area contributed by atoms with Crippen LogP contribution in [0.5, 0.6) is 0 Å². The molecule has 0 aromatic carbocycles. The molecule has 23 heavy (non-hydrogen) atoms. The standard InChI is InChI=1S/C16H26O7/c1-4-5-6-7-8-22-9-10-23-13(17)11-16(3,15(20)21)12(2)14(18)19/h2,4-11H2,1,3H3,(H,18,19)(H,20,21)/p-2. The van der Waals surface area contributed by atoms with Crippen molar-refractivity contribution < 1.29 is 34.1 Å². The lowest BCUT2D eigenvalue weighted by atomic mass is 9.80. The molecule has 0 saturated heterocycles. The highest BCUT2D eigenvalue weighted by Gasteiger charge is 2.33. The van der Waals surface area contributed by atoms with Gasteiger partial charge in [-0.3, -0.25) is 4.79 Å². The fourth-order valence-electron chi connectivity index (χ4n) is 1.81. The first-order chi connectivity index (χ1) is 10.8. The minimum atomic E-state index is -2.07. The molecule has 0 amide bonds. The smallest absolute Gasteiger partial charge is 0.307 e. The molecule has 0 spiro atoms. The zero-order chi connectivity index (χ0) is 17.9. The van der Waals surface area contributed by atoms with E-state index >= 15 is 0 Å². The number of aliphatic carboxylic acids is 2. The molecule has 0 heterocycles. The molecule has 0 aliphatic heterocycles. The van der Waals surface area contributed by atoms with Crippen molar-refractivity contribution in [3.63, 3.8) is 0 Å². The predicted molar refractivity (Wildman–Crippen MR) is 77.8 cm³/mol. The average molecular weight is 328 g/mol.